The molecule has 0 aliphatic heterocycles. The Hall–Kier alpha value is -2.00. The molecule has 20 heavy (non-hydrogen) atoms. The van der Waals surface area contributed by atoms with E-state index >= 15 is 0 Å². The summed E-state index contributed by atoms with van der Waals surface area (Å²) in [6.07, 6.45) is 0. The Morgan fingerprint density at radius 3 is 2.65 bits per heavy atom. The average molecular weight is 290 g/mol. The monoisotopic (exact) mass is 289 g/mol. The number of carbonyl (C=O) groups excluding carboxylic acids is 1. The molecule has 0 bridgehead atoms. The normalized spacial score (nSPS) is 10.3. The summed E-state index contributed by atoms with van der Waals surface area (Å²) in [6, 6.07) is 10.8. The molecule has 0 unspecified atom stereocenters. The Kier molecular flexibility index (Phi) is 4.30. The summed E-state index contributed by atoms with van der Waals surface area (Å²) in [7, 11) is 0. The van der Waals surface area contributed by atoms with Crippen LogP contribution in [-0.4, -0.2) is 5.97 Å². The Labute approximate surface area is 123 Å². The second-order valence-electron chi connectivity index (χ2n) is 4.75. The molecule has 0 aliphatic rings. The smallest absolute Gasteiger partial charge is 0.338 e. The van der Waals surface area contributed by atoms with E-state index in [0.717, 1.165) is 16.7 Å². The third-order valence-electron chi connectivity index (χ3n) is 3.05. The van der Waals surface area contributed by atoms with E-state index < -0.39 is 5.97 Å². The van der Waals surface area contributed by atoms with Gasteiger partial charge in [0.15, 0.2) is 0 Å². The first-order valence-electron chi connectivity index (χ1n) is 6.25. The number of anilines is 1. The van der Waals surface area contributed by atoms with Crippen molar-refractivity contribution >= 4 is 23.3 Å². The number of nitrogens with two attached hydrogens (primary N) is 1. The number of rotatable bonds is 3. The highest BCUT2D eigenvalue weighted by atomic mass is 35.5. The highest BCUT2D eigenvalue weighted by Crippen LogP contribution is 2.20. The second-order valence-corrected chi connectivity index (χ2v) is 5.15. The Bertz CT molecular complexity index is 653. The number of hydrogen-bond acceptors (Lipinski definition) is 3. The average Bonchev–Trinajstić information content (AvgIpc) is 2.40. The summed E-state index contributed by atoms with van der Waals surface area (Å²) in [5, 5.41) is 0.599. The quantitative estimate of drug-likeness (QED) is 0.689. The zero-order valence-corrected chi connectivity index (χ0v) is 12.2. The molecule has 0 radical (unpaired) electrons. The van der Waals surface area contributed by atoms with Crippen molar-refractivity contribution in [3.05, 3.63) is 63.7 Å². The summed E-state index contributed by atoms with van der Waals surface area (Å²) in [5.41, 5.74) is 9.39. The second kappa shape index (κ2) is 5.97. The van der Waals surface area contributed by atoms with E-state index in [9.17, 15) is 4.79 Å². The minimum Gasteiger partial charge on any atom is -0.457 e. The van der Waals surface area contributed by atoms with E-state index in [4.69, 9.17) is 22.1 Å². The summed E-state index contributed by atoms with van der Waals surface area (Å²) in [6.45, 7) is 3.94. The highest BCUT2D eigenvalue weighted by molar-refractivity contribution is 6.31. The van der Waals surface area contributed by atoms with Gasteiger partial charge in [-0.1, -0.05) is 29.8 Å². The Morgan fingerprint density at radius 2 is 1.95 bits per heavy atom. The van der Waals surface area contributed by atoms with Crippen molar-refractivity contribution in [3.8, 4) is 0 Å². The first kappa shape index (κ1) is 14.4. The molecule has 0 saturated carbocycles. The van der Waals surface area contributed by atoms with E-state index in [-0.39, 0.29) is 6.61 Å². The molecule has 0 saturated heterocycles. The molecule has 0 fully saturated rings. The van der Waals surface area contributed by atoms with E-state index in [0.29, 0.717) is 16.3 Å². The molecule has 2 aromatic rings. The largest absolute Gasteiger partial charge is 0.457 e. The summed E-state index contributed by atoms with van der Waals surface area (Å²) in [5.74, 6) is -0.397. The van der Waals surface area contributed by atoms with Crippen LogP contribution in [0.5, 0.6) is 0 Å². The lowest BCUT2D eigenvalue weighted by Gasteiger charge is -2.09. The van der Waals surface area contributed by atoms with E-state index in [1.807, 2.05) is 32.0 Å². The summed E-state index contributed by atoms with van der Waals surface area (Å²) in [4.78, 5) is 12.0. The maximum absolute atomic E-state index is 12.0. The molecular formula is C16H16ClNO2. The van der Waals surface area contributed by atoms with Crippen molar-refractivity contribution in [1.82, 2.24) is 0 Å². The maximum Gasteiger partial charge on any atom is 0.338 e. The lowest BCUT2D eigenvalue weighted by Crippen LogP contribution is -2.08. The minimum absolute atomic E-state index is 0.145. The zero-order chi connectivity index (χ0) is 14.7. The number of aryl methyl sites for hydroxylation is 2. The van der Waals surface area contributed by atoms with Crippen molar-refractivity contribution in [1.29, 1.82) is 0 Å². The van der Waals surface area contributed by atoms with Crippen LogP contribution in [0.2, 0.25) is 5.02 Å². The predicted octanol–water partition coefficient (Wildman–Crippen LogP) is 3.90. The standard InChI is InChI=1S/C16H16ClNO2/c1-10-3-5-12(15(17)7-10)9-20-16(19)14-8-13(18)6-4-11(14)2/h3-8H,9,18H2,1-2H3. The molecule has 0 heterocycles. The molecule has 0 aliphatic carbocycles. The van der Waals surface area contributed by atoms with Crippen molar-refractivity contribution in [2.24, 2.45) is 0 Å². The van der Waals surface area contributed by atoms with Gasteiger partial charge in [-0.2, -0.15) is 0 Å². The first-order valence-corrected chi connectivity index (χ1v) is 6.63. The number of halogens is 1. The molecule has 104 valence electrons. The SMILES string of the molecule is Cc1ccc(COC(=O)c2cc(N)ccc2C)c(Cl)c1. The number of esters is 1. The van der Waals surface area contributed by atoms with Crippen molar-refractivity contribution in [2.75, 3.05) is 5.73 Å². The lowest BCUT2D eigenvalue weighted by molar-refractivity contribution is 0.0472. The van der Waals surface area contributed by atoms with Gasteiger partial charge in [-0.25, -0.2) is 4.79 Å². The van der Waals surface area contributed by atoms with Crippen LogP contribution < -0.4 is 5.73 Å². The lowest BCUT2D eigenvalue weighted by atomic mass is 10.1. The molecule has 2 rings (SSSR count). The van der Waals surface area contributed by atoms with Crippen molar-refractivity contribution in [2.45, 2.75) is 20.5 Å². The van der Waals surface area contributed by atoms with Gasteiger partial charge in [0.1, 0.15) is 6.61 Å². The van der Waals surface area contributed by atoms with Gasteiger partial charge in [-0.05, 0) is 43.2 Å². The van der Waals surface area contributed by atoms with Gasteiger partial charge >= 0.3 is 5.97 Å². The number of hydrogen-bond donors (Lipinski definition) is 1. The minimum atomic E-state index is -0.397. The molecule has 0 spiro atoms. The topological polar surface area (TPSA) is 52.3 Å². The van der Waals surface area contributed by atoms with E-state index in [1.54, 1.807) is 18.2 Å². The fourth-order valence-corrected chi connectivity index (χ4v) is 2.14. The van der Waals surface area contributed by atoms with Crippen molar-refractivity contribution in [3.63, 3.8) is 0 Å². The number of nitrogen functional groups attached to an aromatic ring is 1. The first-order chi connectivity index (χ1) is 9.47. The summed E-state index contributed by atoms with van der Waals surface area (Å²) < 4.78 is 5.29. The van der Waals surface area contributed by atoms with Crippen LogP contribution in [0.3, 0.4) is 0 Å². The maximum atomic E-state index is 12.0. The fourth-order valence-electron chi connectivity index (χ4n) is 1.85. The van der Waals surface area contributed by atoms with Crippen LogP contribution in [0, 0.1) is 13.8 Å². The van der Waals surface area contributed by atoms with Crippen LogP contribution in [0.4, 0.5) is 5.69 Å². The van der Waals surface area contributed by atoms with Crippen LogP contribution in [-0.2, 0) is 11.3 Å². The highest BCUT2D eigenvalue weighted by Gasteiger charge is 2.12. The van der Waals surface area contributed by atoms with Gasteiger partial charge in [0, 0.05) is 16.3 Å². The molecular weight excluding hydrogens is 274 g/mol. The van der Waals surface area contributed by atoms with E-state index in [1.165, 1.54) is 0 Å². The van der Waals surface area contributed by atoms with Gasteiger partial charge in [0.05, 0.1) is 5.56 Å². The number of ether oxygens (including phenoxy) is 1. The number of carbonyl (C=O) groups is 1. The molecule has 2 N–H and O–H groups in total. The van der Waals surface area contributed by atoms with Gasteiger partial charge in [0.25, 0.3) is 0 Å². The molecule has 0 amide bonds. The van der Waals surface area contributed by atoms with Crippen molar-refractivity contribution < 1.29 is 9.53 Å². The summed E-state index contributed by atoms with van der Waals surface area (Å²) >= 11 is 6.10. The van der Waals surface area contributed by atoms with Crippen LogP contribution in [0.1, 0.15) is 27.0 Å². The Balaban J connectivity index is 2.10. The third kappa shape index (κ3) is 3.31. The van der Waals surface area contributed by atoms with Gasteiger partial charge in [-0.15, -0.1) is 0 Å². The molecule has 0 aromatic heterocycles. The molecule has 2 aromatic carbocycles. The Morgan fingerprint density at radius 1 is 1.20 bits per heavy atom. The third-order valence-corrected chi connectivity index (χ3v) is 3.40. The van der Waals surface area contributed by atoms with Crippen LogP contribution >= 0.6 is 11.6 Å². The van der Waals surface area contributed by atoms with Gasteiger partial charge in [-0.3, -0.25) is 0 Å². The van der Waals surface area contributed by atoms with Crippen LogP contribution in [0.15, 0.2) is 36.4 Å². The fraction of sp³-hybridized carbons (Fsp3) is 0.188. The molecule has 4 heteroatoms. The van der Waals surface area contributed by atoms with Gasteiger partial charge < -0.3 is 10.5 Å². The van der Waals surface area contributed by atoms with E-state index in [2.05, 4.69) is 0 Å². The molecule has 3 nitrogen and oxygen atoms in total. The zero-order valence-electron chi connectivity index (χ0n) is 11.4. The van der Waals surface area contributed by atoms with Crippen LogP contribution in [0.25, 0.3) is 0 Å². The molecule has 0 atom stereocenters. The number of benzene rings is 2. The predicted molar refractivity (Wildman–Crippen MR) is 80.9 cm³/mol. The van der Waals surface area contributed by atoms with Gasteiger partial charge in [0.2, 0.25) is 0 Å².